The number of aryl methyl sites for hydroxylation is 2. The minimum atomic E-state index is -2.50. The van der Waals surface area contributed by atoms with Gasteiger partial charge >= 0.3 is 0 Å². The molecule has 0 atom stereocenters. The van der Waals surface area contributed by atoms with Gasteiger partial charge < -0.3 is 19.3 Å². The van der Waals surface area contributed by atoms with Crippen molar-refractivity contribution in [3.05, 3.63) is 368 Å². The van der Waals surface area contributed by atoms with E-state index in [-0.39, 0.29) is 11.1 Å². The molecule has 5 nitrogen and oxygen atoms in total. The van der Waals surface area contributed by atoms with Crippen molar-refractivity contribution < 1.29 is 8.22 Å². The van der Waals surface area contributed by atoms with Gasteiger partial charge in [0.2, 0.25) is 0 Å². The van der Waals surface area contributed by atoms with Gasteiger partial charge in [0.1, 0.15) is 0 Å². The van der Waals surface area contributed by atoms with Crippen LogP contribution in [0.4, 0.5) is 51.2 Å². The van der Waals surface area contributed by atoms with E-state index in [2.05, 4.69) is 319 Å². The van der Waals surface area contributed by atoms with Crippen LogP contribution in [0.3, 0.4) is 0 Å². The lowest BCUT2D eigenvalue weighted by Crippen LogP contribution is -2.61. The van der Waals surface area contributed by atoms with Crippen LogP contribution in [0.1, 0.15) is 51.2 Å². The first kappa shape index (κ1) is 55.9. The summed E-state index contributed by atoms with van der Waals surface area (Å²) in [6, 6.07) is 122. The summed E-state index contributed by atoms with van der Waals surface area (Å²) >= 11 is 0. The average Bonchev–Trinajstić information content (AvgIpc) is 0.975. The fraction of sp³-hybridized carbons (Fsp3) is 0.0619. The van der Waals surface area contributed by atoms with E-state index in [1.54, 1.807) is 24.3 Å². The highest BCUT2D eigenvalue weighted by Gasteiger charge is 2.45. The van der Waals surface area contributed by atoms with Crippen LogP contribution in [0.25, 0.3) is 94.3 Å². The van der Waals surface area contributed by atoms with Crippen molar-refractivity contribution in [1.29, 1.82) is 5.26 Å². The molecule has 0 bridgehead atoms. The summed E-state index contributed by atoms with van der Waals surface area (Å²) in [5.74, 6) is 0. The van der Waals surface area contributed by atoms with Crippen LogP contribution in [-0.4, -0.2) is 11.3 Å². The van der Waals surface area contributed by atoms with Gasteiger partial charge in [0.15, 0.2) is 0 Å². The number of anilines is 9. The maximum atomic E-state index is 11.5. The van der Waals surface area contributed by atoms with Crippen molar-refractivity contribution in [2.24, 2.45) is 0 Å². The zero-order valence-electron chi connectivity index (χ0n) is 63.2. The molecule has 2 aliphatic heterocycles. The summed E-state index contributed by atoms with van der Waals surface area (Å²) in [6.07, 6.45) is 0. The molecule has 6 heteroatoms. The molecule has 0 radical (unpaired) electrons. The average molecular weight is 1320 g/mol. The third-order valence-electron chi connectivity index (χ3n) is 20.7. The molecule has 103 heavy (non-hydrogen) atoms. The first-order valence-corrected chi connectivity index (χ1v) is 35.2. The maximum Gasteiger partial charge on any atom is 0.252 e. The van der Waals surface area contributed by atoms with Gasteiger partial charge in [0.05, 0.1) is 39.7 Å². The monoisotopic (exact) mass is 1320 g/mol. The Morgan fingerprint density at radius 3 is 1.28 bits per heavy atom. The van der Waals surface area contributed by atoms with Gasteiger partial charge in [-0.15, -0.1) is 0 Å². The summed E-state index contributed by atoms with van der Waals surface area (Å²) in [5.41, 5.74) is 25.6. The summed E-state index contributed by atoms with van der Waals surface area (Å²) < 4.78 is 56.4. The minimum Gasteiger partial charge on any atom is -0.311 e. The molecule has 1 aromatic heterocycles. The van der Waals surface area contributed by atoms with Crippen molar-refractivity contribution in [2.75, 3.05) is 14.7 Å². The van der Waals surface area contributed by atoms with Gasteiger partial charge in [0, 0.05) is 75.5 Å². The Bertz CT molecular complexity index is 6130. The highest BCUT2D eigenvalue weighted by Crippen LogP contribution is 2.53. The van der Waals surface area contributed by atoms with Crippen molar-refractivity contribution >= 4 is 96.1 Å². The molecular weight excluding hydrogens is 1250 g/mol. The summed E-state index contributed by atoms with van der Waals surface area (Å²) in [7, 11) is 0. The summed E-state index contributed by atoms with van der Waals surface area (Å²) in [6.45, 7) is 1.18. The highest BCUT2D eigenvalue weighted by atomic mass is 15.2. The molecule has 2 aliphatic rings. The largest absolute Gasteiger partial charge is 0.311 e. The molecule has 0 saturated carbocycles. The molecule has 0 amide bonds. The van der Waals surface area contributed by atoms with E-state index in [0.717, 1.165) is 145 Å². The van der Waals surface area contributed by atoms with Crippen LogP contribution in [0, 0.1) is 25.0 Å². The fourth-order valence-electron chi connectivity index (χ4n) is 16.3. The lowest BCUT2D eigenvalue weighted by molar-refractivity contribution is 0.590. The van der Waals surface area contributed by atoms with E-state index in [0.29, 0.717) is 27.8 Å². The van der Waals surface area contributed by atoms with Crippen molar-refractivity contribution in [1.82, 2.24) is 4.57 Å². The second-order valence-electron chi connectivity index (χ2n) is 27.8. The maximum absolute atomic E-state index is 11.5. The second-order valence-corrected chi connectivity index (χ2v) is 27.8. The van der Waals surface area contributed by atoms with Crippen LogP contribution < -0.4 is 31.1 Å². The Kier molecular flexibility index (Phi) is 13.8. The SMILES string of the molecule is [2H]C([2H])([2H])c1ccccc1-c1cc(-c2cc3c4c(c2)N(c2ccccc2-c2ccccc2)c2cc(N(c5ccccc5)c5ccccc5)ccc2B4c2ccc(-c4c(-n5c6ccccc6c6ccccc65)ccc(C#N)c4C(C)(C)C)cc2N3c2ccccc2-c2ccccc2)cc(-c2ccccc2C([2H])([2H])[2H])c1. The van der Waals surface area contributed by atoms with Crippen LogP contribution in [-0.2, 0) is 5.41 Å². The predicted octanol–water partition coefficient (Wildman–Crippen LogP) is 24.1. The number of para-hydroxylation sites is 6. The molecule has 15 aromatic carbocycles. The molecule has 0 saturated heterocycles. The van der Waals surface area contributed by atoms with E-state index < -0.39 is 25.8 Å². The van der Waals surface area contributed by atoms with Crippen molar-refractivity contribution in [2.45, 2.75) is 39.9 Å². The molecule has 0 spiro atoms. The summed E-state index contributed by atoms with van der Waals surface area (Å²) in [5, 5.41) is 13.7. The van der Waals surface area contributed by atoms with E-state index in [1.165, 1.54) is 0 Å². The van der Waals surface area contributed by atoms with E-state index in [4.69, 9.17) is 8.22 Å². The summed E-state index contributed by atoms with van der Waals surface area (Å²) in [4.78, 5) is 7.26. The third kappa shape index (κ3) is 10.6. The molecule has 488 valence electrons. The molecule has 18 rings (SSSR count). The number of rotatable bonds is 12. The first-order valence-electron chi connectivity index (χ1n) is 38.2. The number of nitriles is 1. The van der Waals surface area contributed by atoms with Gasteiger partial charge in [-0.1, -0.05) is 257 Å². The topological polar surface area (TPSA) is 38.4 Å². The van der Waals surface area contributed by atoms with Gasteiger partial charge in [-0.05, 0) is 211 Å². The normalized spacial score (nSPS) is 13.4. The van der Waals surface area contributed by atoms with Crippen LogP contribution in [0.15, 0.2) is 346 Å². The molecule has 16 aromatic rings. The van der Waals surface area contributed by atoms with Crippen molar-refractivity contribution in [3.8, 4) is 78.5 Å². The number of benzene rings is 15. The highest BCUT2D eigenvalue weighted by molar-refractivity contribution is 7.00. The molecule has 0 unspecified atom stereocenters. The van der Waals surface area contributed by atoms with Gasteiger partial charge in [-0.25, -0.2) is 0 Å². The zero-order chi connectivity index (χ0) is 74.5. The van der Waals surface area contributed by atoms with Gasteiger partial charge in [0.25, 0.3) is 6.71 Å². The molecule has 3 heterocycles. The Labute approximate surface area is 611 Å². The van der Waals surface area contributed by atoms with E-state index in [1.807, 2.05) is 48.5 Å². The van der Waals surface area contributed by atoms with E-state index in [9.17, 15) is 5.26 Å². The Morgan fingerprint density at radius 1 is 0.340 bits per heavy atom. The van der Waals surface area contributed by atoms with Gasteiger partial charge in [-0.2, -0.15) is 5.26 Å². The van der Waals surface area contributed by atoms with Crippen molar-refractivity contribution in [3.63, 3.8) is 0 Å². The quantitative estimate of drug-likeness (QED) is 0.114. The van der Waals surface area contributed by atoms with Crippen LogP contribution in [0.2, 0.25) is 0 Å². The smallest absolute Gasteiger partial charge is 0.252 e. The van der Waals surface area contributed by atoms with Crippen LogP contribution >= 0.6 is 0 Å². The number of hydrogen-bond acceptors (Lipinski definition) is 4. The Balaban J connectivity index is 1.01. The number of nitrogens with zero attached hydrogens (tertiary/aromatic N) is 5. The lowest BCUT2D eigenvalue weighted by atomic mass is 9.33. The predicted molar refractivity (Wildman–Crippen MR) is 435 cm³/mol. The minimum absolute atomic E-state index is 0.175. The first-order chi connectivity index (χ1) is 53.0. The standard InChI is InChI=1S/C97H72BN5/c1-64-30-18-20-40-77(64)72-56-70(57-73(58-72)78-41-21-19-31-65(78)2)71-60-92-96-93(61-71)103(86-47-27-23-43-80(86)67-34-12-7-13-35-67)91-62-76(100(74-36-14-8-15-37-74)75-38-16-9-17-39-75)52-54-84(91)98(96)83-53-50-68(59-90(83)102(92)85-46-26-22-42-79(85)66-32-10-6-11-33-66)94-89(55-51-69(63-99)95(94)97(3,4)5)101-87-48-28-24-44-81(87)82-45-25-29-49-88(82)101/h6-62H,1-5H3/i1D3,2D3. The second kappa shape index (κ2) is 25.3. The third-order valence-corrected chi connectivity index (χ3v) is 20.7. The lowest BCUT2D eigenvalue weighted by Gasteiger charge is -2.45. The Morgan fingerprint density at radius 2 is 0.767 bits per heavy atom. The molecule has 0 N–H and O–H groups in total. The number of hydrogen-bond donors (Lipinski definition) is 0. The molecule has 0 fully saturated rings. The van der Waals surface area contributed by atoms with Gasteiger partial charge in [-0.3, -0.25) is 0 Å². The zero-order valence-corrected chi connectivity index (χ0v) is 57.2. The number of fused-ring (bicyclic) bond motifs is 7. The molecular formula is C97H72BN5. The molecule has 0 aliphatic carbocycles. The Hall–Kier alpha value is -12.9. The number of aromatic nitrogens is 1. The fourth-order valence-corrected chi connectivity index (χ4v) is 16.3. The van der Waals surface area contributed by atoms with E-state index >= 15 is 0 Å². The van der Waals surface area contributed by atoms with Crippen LogP contribution in [0.5, 0.6) is 0 Å².